The molecule has 0 fully saturated rings. The molecule has 0 nitrogen and oxygen atoms in total. The van der Waals surface area contributed by atoms with Crippen molar-refractivity contribution in [3.05, 3.63) is 69.4 Å². The molecule has 2 rings (SSSR count). The van der Waals surface area contributed by atoms with E-state index in [1.165, 1.54) is 0 Å². The molecular weight excluding hydrogens is 239 g/mol. The van der Waals surface area contributed by atoms with Gasteiger partial charge in [-0.05, 0) is 20.9 Å². The fourth-order valence-corrected chi connectivity index (χ4v) is 1.93. The van der Waals surface area contributed by atoms with Crippen molar-refractivity contribution >= 4 is 34.3 Å². The highest BCUT2D eigenvalue weighted by Crippen LogP contribution is 1.92. The molecule has 0 unspecified atom stereocenters. The predicted octanol–water partition coefficient (Wildman–Crippen LogP) is 2.93. The van der Waals surface area contributed by atoms with E-state index in [4.69, 9.17) is 23.2 Å². The van der Waals surface area contributed by atoms with E-state index in [0.717, 1.165) is 20.9 Å². The lowest BCUT2D eigenvalue weighted by Gasteiger charge is -1.91. The van der Waals surface area contributed by atoms with Crippen molar-refractivity contribution in [3.63, 3.8) is 0 Å². The monoisotopic (exact) mass is 248 g/mol. The minimum atomic E-state index is 0.998. The van der Waals surface area contributed by atoms with E-state index >= 15 is 0 Å². The maximum absolute atomic E-state index is 5.79. The first-order valence-electron chi connectivity index (χ1n) is 4.91. The van der Waals surface area contributed by atoms with Crippen LogP contribution in [0.1, 0.15) is 0 Å². The van der Waals surface area contributed by atoms with Crippen molar-refractivity contribution in [1.29, 1.82) is 0 Å². The molecular formula is C14H10Cl2. The van der Waals surface area contributed by atoms with Gasteiger partial charge in [0.2, 0.25) is 0 Å². The van der Waals surface area contributed by atoms with Crippen LogP contribution < -0.4 is 10.4 Å². The number of halogens is 2. The fourth-order valence-electron chi connectivity index (χ4n) is 1.59. The average molecular weight is 249 g/mol. The summed E-state index contributed by atoms with van der Waals surface area (Å²) in [5.74, 6) is 0. The van der Waals surface area contributed by atoms with E-state index in [0.29, 0.717) is 0 Å². The van der Waals surface area contributed by atoms with Gasteiger partial charge in [0.25, 0.3) is 0 Å². The molecule has 0 N–H and O–H groups in total. The van der Waals surface area contributed by atoms with Crippen LogP contribution in [0.3, 0.4) is 0 Å². The van der Waals surface area contributed by atoms with Crippen molar-refractivity contribution in [1.82, 2.24) is 0 Å². The van der Waals surface area contributed by atoms with Crippen LogP contribution >= 0.6 is 23.2 Å². The van der Waals surface area contributed by atoms with E-state index in [9.17, 15) is 0 Å². The van der Waals surface area contributed by atoms with Crippen molar-refractivity contribution in [2.75, 3.05) is 0 Å². The fraction of sp³-hybridized carbons (Fsp3) is 0. The Morgan fingerprint density at radius 1 is 0.750 bits per heavy atom. The molecule has 0 radical (unpaired) electrons. The maximum atomic E-state index is 5.79. The van der Waals surface area contributed by atoms with Gasteiger partial charge in [0, 0.05) is 11.1 Å². The van der Waals surface area contributed by atoms with Crippen LogP contribution in [0.2, 0.25) is 0 Å². The van der Waals surface area contributed by atoms with E-state index in [1.54, 1.807) is 11.1 Å². The van der Waals surface area contributed by atoms with E-state index < -0.39 is 0 Å². The Morgan fingerprint density at radius 3 is 2.06 bits per heavy atom. The first-order valence-corrected chi connectivity index (χ1v) is 5.79. The minimum Gasteiger partial charge on any atom is -0.0923 e. The van der Waals surface area contributed by atoms with Crippen LogP contribution in [0.5, 0.6) is 0 Å². The molecule has 0 heterocycles. The molecule has 0 aliphatic heterocycles. The smallest absolute Gasteiger partial charge is 0.0121 e. The van der Waals surface area contributed by atoms with Gasteiger partial charge in [-0.3, -0.25) is 0 Å². The second kappa shape index (κ2) is 5.20. The molecule has 2 heteroatoms. The van der Waals surface area contributed by atoms with Gasteiger partial charge < -0.3 is 0 Å². The van der Waals surface area contributed by atoms with Gasteiger partial charge in [0.05, 0.1) is 0 Å². The Morgan fingerprint density at radius 2 is 1.44 bits per heavy atom. The summed E-state index contributed by atoms with van der Waals surface area (Å²) in [6.07, 6.45) is 0. The van der Waals surface area contributed by atoms with Crippen LogP contribution in [-0.4, -0.2) is 0 Å². The summed E-state index contributed by atoms with van der Waals surface area (Å²) in [4.78, 5) is 0. The van der Waals surface area contributed by atoms with Gasteiger partial charge in [-0.25, -0.2) is 0 Å². The average Bonchev–Trinajstić information content (AvgIpc) is 2.39. The summed E-state index contributed by atoms with van der Waals surface area (Å²) in [6.45, 7) is 0. The Hall–Kier alpha value is -1.24. The van der Waals surface area contributed by atoms with Crippen LogP contribution in [0.25, 0.3) is 11.1 Å². The Balaban J connectivity index is 2.92. The largest absolute Gasteiger partial charge is 0.0923 e. The predicted molar refractivity (Wildman–Crippen MR) is 70.4 cm³/mol. The lowest BCUT2D eigenvalue weighted by Crippen LogP contribution is -2.01. The summed E-state index contributed by atoms with van der Waals surface area (Å²) in [7, 11) is 0. The summed E-state index contributed by atoms with van der Waals surface area (Å²) in [6, 6.07) is 16.0. The van der Waals surface area contributed by atoms with Crippen molar-refractivity contribution < 1.29 is 0 Å². The quantitative estimate of drug-likeness (QED) is 0.673. The van der Waals surface area contributed by atoms with Crippen molar-refractivity contribution in [2.45, 2.75) is 0 Å². The highest BCUT2D eigenvalue weighted by atomic mass is 35.5. The van der Waals surface area contributed by atoms with Crippen LogP contribution in [-0.2, 0) is 0 Å². The van der Waals surface area contributed by atoms with Gasteiger partial charge in [0.15, 0.2) is 0 Å². The number of benzene rings is 2. The Kier molecular flexibility index (Phi) is 3.66. The van der Waals surface area contributed by atoms with Crippen molar-refractivity contribution in [3.8, 4) is 0 Å². The first-order chi connectivity index (χ1) is 7.85. The molecule has 0 saturated carbocycles. The second-order valence-corrected chi connectivity index (χ2v) is 3.86. The van der Waals surface area contributed by atoms with E-state index in [2.05, 4.69) is 0 Å². The number of hydrogen-bond acceptors (Lipinski definition) is 0. The molecule has 80 valence electrons. The van der Waals surface area contributed by atoms with E-state index in [-0.39, 0.29) is 0 Å². The van der Waals surface area contributed by atoms with Crippen molar-refractivity contribution in [2.24, 2.45) is 0 Å². The molecule has 2 aromatic carbocycles. The first kappa shape index (κ1) is 11.3. The third kappa shape index (κ3) is 2.29. The Bertz CT molecular complexity index is 664. The van der Waals surface area contributed by atoms with Crippen LogP contribution in [0.15, 0.2) is 48.5 Å². The molecule has 0 aliphatic carbocycles. The zero-order chi connectivity index (χ0) is 11.4. The number of rotatable bonds is 0. The van der Waals surface area contributed by atoms with Gasteiger partial charge in [-0.2, -0.15) is 0 Å². The SMILES string of the molecule is ClC=c1ccc(=c2ccccc2=CCl)cc1. The molecule has 0 atom stereocenters. The highest BCUT2D eigenvalue weighted by molar-refractivity contribution is 6.38. The maximum Gasteiger partial charge on any atom is 0.0121 e. The zero-order valence-electron chi connectivity index (χ0n) is 8.53. The molecule has 0 aliphatic rings. The molecule has 2 aromatic rings. The second-order valence-electron chi connectivity index (χ2n) is 3.43. The minimum absolute atomic E-state index is 0.998. The summed E-state index contributed by atoms with van der Waals surface area (Å²) in [5, 5.41) is 4.28. The summed E-state index contributed by atoms with van der Waals surface area (Å²) >= 11 is 11.4. The molecule has 16 heavy (non-hydrogen) atoms. The van der Waals surface area contributed by atoms with Crippen LogP contribution in [0, 0.1) is 10.4 Å². The van der Waals surface area contributed by atoms with Gasteiger partial charge in [-0.15, -0.1) is 0 Å². The van der Waals surface area contributed by atoms with E-state index in [1.807, 2.05) is 48.5 Å². The zero-order valence-corrected chi connectivity index (χ0v) is 10.0. The van der Waals surface area contributed by atoms with Gasteiger partial charge >= 0.3 is 0 Å². The van der Waals surface area contributed by atoms with Crippen LogP contribution in [0.4, 0.5) is 0 Å². The topological polar surface area (TPSA) is 0 Å². The summed E-state index contributed by atoms with van der Waals surface area (Å²) in [5.41, 5.74) is 3.15. The van der Waals surface area contributed by atoms with Gasteiger partial charge in [0.1, 0.15) is 0 Å². The molecule has 0 spiro atoms. The standard InChI is InChI=1S/C14H10Cl2/c15-9-11-5-7-12(8-6-11)14-4-2-1-3-13(14)10-16/h1-10H. The lowest BCUT2D eigenvalue weighted by atomic mass is 10.2. The lowest BCUT2D eigenvalue weighted by molar-refractivity contribution is 1.43. The molecule has 0 saturated heterocycles. The summed E-state index contributed by atoms with van der Waals surface area (Å²) < 4.78 is 0. The molecule has 0 amide bonds. The highest BCUT2D eigenvalue weighted by Gasteiger charge is 1.86. The molecule has 0 aromatic heterocycles. The van der Waals surface area contributed by atoms with Gasteiger partial charge in [-0.1, -0.05) is 71.7 Å². The third-order valence-electron chi connectivity index (χ3n) is 2.43. The number of hydrogen-bond donors (Lipinski definition) is 0. The normalized spacial score (nSPS) is 11.5. The molecule has 0 bridgehead atoms. The third-order valence-corrected chi connectivity index (χ3v) is 2.91. The Labute approximate surface area is 104 Å².